The molecule has 0 aliphatic heterocycles. The first-order valence-electron chi connectivity index (χ1n) is 22.5. The van der Waals surface area contributed by atoms with Crippen LogP contribution in [0.15, 0.2) is 258 Å². The van der Waals surface area contributed by atoms with Crippen molar-refractivity contribution in [3.8, 4) is 0 Å². The highest BCUT2D eigenvalue weighted by Gasteiger charge is 2.19. The Hall–Kier alpha value is -7.83. The van der Waals surface area contributed by atoms with E-state index < -0.39 is 0 Å². The van der Waals surface area contributed by atoms with Gasteiger partial charge in [0.15, 0.2) is 0 Å². The Labute approximate surface area is 385 Å². The third-order valence-corrected chi connectivity index (χ3v) is 11.0. The van der Waals surface area contributed by atoms with Crippen LogP contribution in [0, 0.1) is 0 Å². The number of hydrogen-bond acceptors (Lipinski definition) is 6. The monoisotopic (exact) mass is 848 g/mol. The van der Waals surface area contributed by atoms with Crippen LogP contribution in [-0.2, 0) is 39.3 Å². The fourth-order valence-corrected chi connectivity index (χ4v) is 7.86. The Morgan fingerprint density at radius 1 is 0.246 bits per heavy atom. The summed E-state index contributed by atoms with van der Waals surface area (Å²) in [6, 6.07) is 84.9. The molecule has 0 N–H and O–H groups in total. The molecule has 0 saturated carbocycles. The predicted molar refractivity (Wildman–Crippen MR) is 269 cm³/mol. The van der Waals surface area contributed by atoms with Crippen LogP contribution in [0.5, 0.6) is 0 Å². The summed E-state index contributed by atoms with van der Waals surface area (Å²) >= 11 is 0. The molecule has 0 spiro atoms. The van der Waals surface area contributed by atoms with Gasteiger partial charge >= 0.3 is 0 Å². The number of benzene rings is 8. The fraction of sp³-hybridized carbons (Fsp3) is 0.136. The zero-order valence-corrected chi connectivity index (χ0v) is 36.9. The molecule has 0 aliphatic carbocycles. The second-order valence-electron chi connectivity index (χ2n) is 16.2. The van der Waals surface area contributed by atoms with Crippen molar-refractivity contribution >= 4 is 17.1 Å². The van der Waals surface area contributed by atoms with Gasteiger partial charge in [-0.3, -0.25) is 15.0 Å². The maximum Gasteiger partial charge on any atom is 0.0734 e. The lowest BCUT2D eigenvalue weighted by Gasteiger charge is -2.25. The first-order chi connectivity index (χ1) is 32.2. The molecule has 0 heterocycles. The Morgan fingerprint density at radius 2 is 0.446 bits per heavy atom. The highest BCUT2D eigenvalue weighted by Crippen LogP contribution is 2.20. The van der Waals surface area contributed by atoms with Gasteiger partial charge < -0.3 is 0 Å². The van der Waals surface area contributed by atoms with E-state index in [1.54, 1.807) is 0 Å². The maximum absolute atomic E-state index is 5.70. The van der Waals surface area contributed by atoms with Crippen molar-refractivity contribution in [1.82, 2.24) is 15.0 Å². The zero-order valence-electron chi connectivity index (χ0n) is 36.9. The highest BCUT2D eigenvalue weighted by atomic mass is 15.5. The molecule has 322 valence electrons. The minimum atomic E-state index is 0.493. The van der Waals surface area contributed by atoms with Crippen molar-refractivity contribution in [2.45, 2.75) is 52.1 Å². The maximum atomic E-state index is 5.70. The van der Waals surface area contributed by atoms with E-state index in [9.17, 15) is 0 Å². The van der Waals surface area contributed by atoms with Crippen LogP contribution in [0.1, 0.15) is 57.3 Å². The van der Waals surface area contributed by atoms with Gasteiger partial charge in [-0.1, -0.05) is 243 Å². The molecule has 0 unspecified atom stereocenters. The predicted octanol–water partition coefficient (Wildman–Crippen LogP) is 13.0. The molecule has 8 aromatic carbocycles. The van der Waals surface area contributed by atoms with Gasteiger partial charge in [0.2, 0.25) is 0 Å². The van der Waals surface area contributed by atoms with Gasteiger partial charge in [-0.2, -0.15) is 15.3 Å². The second-order valence-corrected chi connectivity index (χ2v) is 16.2. The van der Waals surface area contributed by atoms with E-state index in [2.05, 4.69) is 258 Å². The van der Waals surface area contributed by atoms with Crippen LogP contribution in [0.25, 0.3) is 0 Å². The Kier molecular flexibility index (Phi) is 15.9. The van der Waals surface area contributed by atoms with Crippen molar-refractivity contribution in [2.24, 2.45) is 15.3 Å². The van der Waals surface area contributed by atoms with E-state index in [-0.39, 0.29) is 0 Å². The number of nitrogens with zero attached hydrogens (tertiary/aromatic N) is 6. The highest BCUT2D eigenvalue weighted by molar-refractivity contribution is 6.19. The number of rotatable bonds is 21. The Bertz CT molecular complexity index is 2410. The molecule has 0 fully saturated rings. The number of hydrazone groups is 3. The second kappa shape index (κ2) is 23.6. The minimum Gasteiger partial charge on any atom is -0.288 e. The van der Waals surface area contributed by atoms with E-state index in [4.69, 9.17) is 15.3 Å². The Morgan fingerprint density at radius 3 is 0.677 bits per heavy atom. The first kappa shape index (κ1) is 43.8. The van der Waals surface area contributed by atoms with Gasteiger partial charge in [0.05, 0.1) is 56.4 Å². The van der Waals surface area contributed by atoms with Gasteiger partial charge in [0.1, 0.15) is 0 Å². The van der Waals surface area contributed by atoms with Crippen molar-refractivity contribution < 1.29 is 0 Å². The molecule has 0 aromatic heterocycles. The molecule has 0 amide bonds. The van der Waals surface area contributed by atoms with Gasteiger partial charge in [0.25, 0.3) is 0 Å². The topological polar surface area (TPSA) is 46.8 Å². The molecule has 0 bridgehead atoms. The summed E-state index contributed by atoms with van der Waals surface area (Å²) in [7, 11) is 0. The molecule has 0 aliphatic rings. The summed E-state index contributed by atoms with van der Waals surface area (Å²) in [4.78, 5) is 0. The minimum absolute atomic E-state index is 0.493. The summed E-state index contributed by atoms with van der Waals surface area (Å²) < 4.78 is 0. The lowest BCUT2D eigenvalue weighted by molar-refractivity contribution is 0.267. The van der Waals surface area contributed by atoms with Crippen molar-refractivity contribution in [2.75, 3.05) is 0 Å². The average molecular weight is 849 g/mol. The lowest BCUT2D eigenvalue weighted by Crippen LogP contribution is -2.26. The SMILES string of the molecule is c1ccc(CN(Cc2ccccc2)N=C(CC(=NN(Cc2ccccc2)Cc2ccccc2)c2ccccc2)CC(=NN(Cc2ccccc2)Cc2ccccc2)c2ccccc2)cc1. The summed E-state index contributed by atoms with van der Waals surface area (Å²) in [5.74, 6) is 0. The molecule has 6 heteroatoms. The fourth-order valence-electron chi connectivity index (χ4n) is 7.86. The smallest absolute Gasteiger partial charge is 0.0734 e. The summed E-state index contributed by atoms with van der Waals surface area (Å²) in [5, 5.41) is 23.5. The van der Waals surface area contributed by atoms with Gasteiger partial charge in [-0.15, -0.1) is 0 Å². The van der Waals surface area contributed by atoms with E-state index in [1.165, 1.54) is 33.4 Å². The van der Waals surface area contributed by atoms with Crippen molar-refractivity contribution in [3.63, 3.8) is 0 Å². The van der Waals surface area contributed by atoms with Crippen LogP contribution in [0.4, 0.5) is 0 Å². The van der Waals surface area contributed by atoms with Crippen LogP contribution in [0.3, 0.4) is 0 Å². The molecular formula is C59H56N6. The first-order valence-corrected chi connectivity index (χ1v) is 22.5. The van der Waals surface area contributed by atoms with Crippen LogP contribution in [0.2, 0.25) is 0 Å². The summed E-state index contributed by atoms with van der Waals surface area (Å²) in [6.07, 6.45) is 0.987. The molecule has 8 aromatic rings. The van der Waals surface area contributed by atoms with E-state index >= 15 is 0 Å². The molecule has 65 heavy (non-hydrogen) atoms. The molecule has 0 saturated heterocycles. The van der Waals surface area contributed by atoms with E-state index in [0.29, 0.717) is 52.1 Å². The molecule has 6 nitrogen and oxygen atoms in total. The standard InChI is InChI=1S/C59H56N6/c1-9-25-49(26-10-1)43-63(44-50-27-11-2-12-28-50)60-57(41-58(55-37-21-7-22-38-55)61-64(45-51-29-13-3-14-30-51)46-52-31-15-4-16-32-52)42-59(56-39-23-8-24-40-56)62-65(47-53-33-17-5-18-34-53)48-54-35-19-6-20-36-54/h1-40H,41-48H2. The quantitative estimate of drug-likeness (QED) is 0.0534. The number of hydrogen-bond donors (Lipinski definition) is 0. The van der Waals surface area contributed by atoms with Gasteiger partial charge in [-0.05, 0) is 44.5 Å². The molecule has 0 atom stereocenters. The average Bonchev–Trinajstić information content (AvgIpc) is 3.36. The lowest BCUT2D eigenvalue weighted by atomic mass is 9.98. The molecule has 0 radical (unpaired) electrons. The van der Waals surface area contributed by atoms with Crippen molar-refractivity contribution in [1.29, 1.82) is 0 Å². The molecular weight excluding hydrogens is 793 g/mol. The van der Waals surface area contributed by atoms with E-state index in [1.807, 2.05) is 0 Å². The summed E-state index contributed by atoms with van der Waals surface area (Å²) in [6.45, 7) is 3.87. The largest absolute Gasteiger partial charge is 0.288 e. The van der Waals surface area contributed by atoms with Gasteiger partial charge in [0, 0.05) is 12.8 Å². The zero-order chi connectivity index (χ0) is 44.1. The molecule has 8 rings (SSSR count). The van der Waals surface area contributed by atoms with Crippen LogP contribution in [-0.4, -0.2) is 32.2 Å². The third kappa shape index (κ3) is 14.1. The van der Waals surface area contributed by atoms with Gasteiger partial charge in [-0.25, -0.2) is 0 Å². The van der Waals surface area contributed by atoms with Crippen molar-refractivity contribution in [3.05, 3.63) is 287 Å². The van der Waals surface area contributed by atoms with Crippen LogP contribution >= 0.6 is 0 Å². The van der Waals surface area contributed by atoms with Crippen LogP contribution < -0.4 is 0 Å². The normalized spacial score (nSPS) is 11.4. The third-order valence-electron chi connectivity index (χ3n) is 11.0. The van der Waals surface area contributed by atoms with E-state index in [0.717, 1.165) is 28.3 Å². The Balaban J connectivity index is 1.26. The summed E-state index contributed by atoms with van der Waals surface area (Å²) in [5.41, 5.74) is 12.1.